The van der Waals surface area contributed by atoms with Gasteiger partial charge in [0, 0.05) is 25.6 Å². The van der Waals surface area contributed by atoms with E-state index in [9.17, 15) is 4.79 Å². The van der Waals surface area contributed by atoms with Crippen molar-refractivity contribution in [3.05, 3.63) is 0 Å². The summed E-state index contributed by atoms with van der Waals surface area (Å²) in [6.07, 6.45) is 0.846. The lowest BCUT2D eigenvalue weighted by molar-refractivity contribution is -0.134. The van der Waals surface area contributed by atoms with E-state index in [4.69, 9.17) is 10.4 Å². The molecule has 1 amide bonds. The molecule has 0 saturated carbocycles. The predicted molar refractivity (Wildman–Crippen MR) is 55.7 cm³/mol. The van der Waals surface area contributed by atoms with Crippen molar-refractivity contribution in [2.45, 2.75) is 20.3 Å². The molecule has 2 atom stereocenters. The molecule has 0 bridgehead atoms. The van der Waals surface area contributed by atoms with Gasteiger partial charge in [-0.15, -0.1) is 0 Å². The Morgan fingerprint density at radius 2 is 2.33 bits per heavy atom. The summed E-state index contributed by atoms with van der Waals surface area (Å²) in [5.74, 6) is -0.373. The second-order valence-corrected chi connectivity index (χ2v) is 4.47. The molecular formula is C11H18N2O2. The molecule has 15 heavy (non-hydrogen) atoms. The van der Waals surface area contributed by atoms with Gasteiger partial charge in [-0.05, 0) is 12.3 Å². The van der Waals surface area contributed by atoms with Crippen molar-refractivity contribution in [2.24, 2.45) is 17.8 Å². The molecule has 1 heterocycles. The highest BCUT2D eigenvalue weighted by atomic mass is 16.3. The Morgan fingerprint density at radius 3 is 2.73 bits per heavy atom. The predicted octanol–water partition coefficient (Wildman–Crippen LogP) is 0.623. The summed E-state index contributed by atoms with van der Waals surface area (Å²) in [4.78, 5) is 13.6. The van der Waals surface area contributed by atoms with Crippen molar-refractivity contribution in [1.82, 2.24) is 4.90 Å². The second-order valence-electron chi connectivity index (χ2n) is 4.47. The smallest absolute Gasteiger partial charge is 0.240 e. The Labute approximate surface area is 90.5 Å². The SMILES string of the molecule is CC(C)C(C#N)C(=O)N1CCC(CO)C1. The van der Waals surface area contributed by atoms with Crippen LogP contribution in [0.25, 0.3) is 0 Å². The fourth-order valence-corrected chi connectivity index (χ4v) is 1.87. The molecule has 1 aliphatic heterocycles. The highest BCUT2D eigenvalue weighted by molar-refractivity contribution is 5.81. The van der Waals surface area contributed by atoms with E-state index in [2.05, 4.69) is 6.07 Å². The van der Waals surface area contributed by atoms with E-state index in [1.807, 2.05) is 13.8 Å². The Kier molecular flexibility index (Phi) is 4.10. The molecule has 0 aromatic rings. The van der Waals surface area contributed by atoms with Gasteiger partial charge in [0.25, 0.3) is 0 Å². The van der Waals surface area contributed by atoms with Gasteiger partial charge in [0.1, 0.15) is 5.92 Å². The summed E-state index contributed by atoms with van der Waals surface area (Å²) in [7, 11) is 0. The summed E-state index contributed by atoms with van der Waals surface area (Å²) in [5, 5.41) is 17.9. The van der Waals surface area contributed by atoms with Gasteiger partial charge >= 0.3 is 0 Å². The molecule has 0 aromatic carbocycles. The molecule has 4 heteroatoms. The number of aliphatic hydroxyl groups excluding tert-OH is 1. The van der Waals surface area contributed by atoms with Gasteiger partial charge in [0.2, 0.25) is 5.91 Å². The third kappa shape index (κ3) is 2.69. The van der Waals surface area contributed by atoms with Gasteiger partial charge in [-0.2, -0.15) is 5.26 Å². The fourth-order valence-electron chi connectivity index (χ4n) is 1.87. The quantitative estimate of drug-likeness (QED) is 0.742. The number of likely N-dealkylation sites (tertiary alicyclic amines) is 1. The molecule has 1 aliphatic rings. The lowest BCUT2D eigenvalue weighted by atomic mass is 9.96. The molecule has 0 radical (unpaired) electrons. The molecule has 4 nitrogen and oxygen atoms in total. The first-order valence-electron chi connectivity index (χ1n) is 5.39. The third-order valence-corrected chi connectivity index (χ3v) is 2.93. The first kappa shape index (κ1) is 12.0. The molecule has 1 N–H and O–H groups in total. The zero-order valence-corrected chi connectivity index (χ0v) is 9.31. The van der Waals surface area contributed by atoms with Crippen LogP contribution in [0.3, 0.4) is 0 Å². The minimum absolute atomic E-state index is 0.0516. The van der Waals surface area contributed by atoms with Crippen molar-refractivity contribution in [3.63, 3.8) is 0 Å². The van der Waals surface area contributed by atoms with Crippen LogP contribution >= 0.6 is 0 Å². The monoisotopic (exact) mass is 210 g/mol. The van der Waals surface area contributed by atoms with E-state index in [0.29, 0.717) is 13.1 Å². The number of hydrogen-bond donors (Lipinski definition) is 1. The number of carbonyl (C=O) groups is 1. The first-order valence-corrected chi connectivity index (χ1v) is 5.39. The normalized spacial score (nSPS) is 22.9. The number of hydrogen-bond acceptors (Lipinski definition) is 3. The number of rotatable bonds is 3. The zero-order valence-electron chi connectivity index (χ0n) is 9.31. The van der Waals surface area contributed by atoms with Crippen molar-refractivity contribution in [2.75, 3.05) is 19.7 Å². The van der Waals surface area contributed by atoms with Gasteiger partial charge in [0.15, 0.2) is 0 Å². The number of nitriles is 1. The maximum absolute atomic E-state index is 11.9. The maximum atomic E-state index is 11.9. The number of aliphatic hydroxyl groups is 1. The summed E-state index contributed by atoms with van der Waals surface area (Å²) < 4.78 is 0. The first-order chi connectivity index (χ1) is 7.10. The highest BCUT2D eigenvalue weighted by Gasteiger charge is 2.31. The standard InChI is InChI=1S/C11H18N2O2/c1-8(2)10(5-12)11(15)13-4-3-9(6-13)7-14/h8-10,14H,3-4,6-7H2,1-2H3. The summed E-state index contributed by atoms with van der Waals surface area (Å²) >= 11 is 0. The van der Waals surface area contributed by atoms with Crippen LogP contribution in [0.1, 0.15) is 20.3 Å². The minimum atomic E-state index is -0.539. The van der Waals surface area contributed by atoms with E-state index in [1.54, 1.807) is 4.90 Å². The van der Waals surface area contributed by atoms with Crippen molar-refractivity contribution >= 4 is 5.91 Å². The molecule has 2 unspecified atom stereocenters. The van der Waals surface area contributed by atoms with Crippen LogP contribution < -0.4 is 0 Å². The number of carbonyl (C=O) groups excluding carboxylic acids is 1. The van der Waals surface area contributed by atoms with Gasteiger partial charge in [-0.25, -0.2) is 0 Å². The fraction of sp³-hybridized carbons (Fsp3) is 0.818. The minimum Gasteiger partial charge on any atom is -0.396 e. The van der Waals surface area contributed by atoms with E-state index >= 15 is 0 Å². The molecule has 0 spiro atoms. The molecule has 0 aromatic heterocycles. The van der Waals surface area contributed by atoms with Crippen molar-refractivity contribution in [1.29, 1.82) is 5.26 Å². The van der Waals surface area contributed by atoms with Crippen molar-refractivity contribution in [3.8, 4) is 6.07 Å². The number of nitrogens with zero attached hydrogens (tertiary/aromatic N) is 2. The zero-order chi connectivity index (χ0) is 11.4. The summed E-state index contributed by atoms with van der Waals surface area (Å²) in [6.45, 7) is 5.16. The lowest BCUT2D eigenvalue weighted by Gasteiger charge is -2.21. The Morgan fingerprint density at radius 1 is 1.67 bits per heavy atom. The molecular weight excluding hydrogens is 192 g/mol. The molecule has 0 aliphatic carbocycles. The molecule has 1 saturated heterocycles. The van der Waals surface area contributed by atoms with E-state index in [1.165, 1.54) is 0 Å². The average molecular weight is 210 g/mol. The van der Waals surface area contributed by atoms with Gasteiger partial charge in [-0.3, -0.25) is 4.79 Å². The van der Waals surface area contributed by atoms with Gasteiger partial charge in [-0.1, -0.05) is 13.8 Å². The van der Waals surface area contributed by atoms with Crippen LogP contribution in [-0.2, 0) is 4.79 Å². The Bertz CT molecular complexity index is 270. The van der Waals surface area contributed by atoms with E-state index in [-0.39, 0.29) is 24.3 Å². The van der Waals surface area contributed by atoms with E-state index in [0.717, 1.165) is 6.42 Å². The molecule has 1 fully saturated rings. The van der Waals surface area contributed by atoms with Crippen LogP contribution in [0, 0.1) is 29.1 Å². The molecule has 84 valence electrons. The van der Waals surface area contributed by atoms with Crippen LogP contribution in [0.5, 0.6) is 0 Å². The van der Waals surface area contributed by atoms with Crippen LogP contribution in [0.15, 0.2) is 0 Å². The highest BCUT2D eigenvalue weighted by Crippen LogP contribution is 2.20. The largest absolute Gasteiger partial charge is 0.396 e. The average Bonchev–Trinajstić information content (AvgIpc) is 2.66. The van der Waals surface area contributed by atoms with Gasteiger partial charge in [0.05, 0.1) is 6.07 Å². The Balaban J connectivity index is 2.58. The van der Waals surface area contributed by atoms with E-state index < -0.39 is 5.92 Å². The second kappa shape index (κ2) is 5.13. The lowest BCUT2D eigenvalue weighted by Crippen LogP contribution is -2.36. The maximum Gasteiger partial charge on any atom is 0.240 e. The number of amides is 1. The summed E-state index contributed by atoms with van der Waals surface area (Å²) in [5.41, 5.74) is 0. The van der Waals surface area contributed by atoms with Gasteiger partial charge < -0.3 is 10.0 Å². The van der Waals surface area contributed by atoms with Crippen LogP contribution in [0.2, 0.25) is 0 Å². The Hall–Kier alpha value is -1.08. The van der Waals surface area contributed by atoms with Crippen LogP contribution in [-0.4, -0.2) is 35.6 Å². The topological polar surface area (TPSA) is 64.3 Å². The third-order valence-electron chi connectivity index (χ3n) is 2.93. The molecule has 1 rings (SSSR count). The summed E-state index contributed by atoms with van der Waals surface area (Å²) in [6, 6.07) is 2.06. The van der Waals surface area contributed by atoms with Crippen LogP contribution in [0.4, 0.5) is 0 Å². The van der Waals surface area contributed by atoms with Crippen molar-refractivity contribution < 1.29 is 9.90 Å².